The molecule has 3 heteroatoms. The number of hydrogen-bond donors (Lipinski definition) is 1. The van der Waals surface area contributed by atoms with Gasteiger partial charge in [-0.25, -0.2) is 0 Å². The van der Waals surface area contributed by atoms with Gasteiger partial charge in [0.25, 0.3) is 0 Å². The fourth-order valence-electron chi connectivity index (χ4n) is 0.857. The molecule has 1 heterocycles. The molecule has 0 unspecified atom stereocenters. The fourth-order valence-corrected chi connectivity index (χ4v) is 0.857. The molecule has 1 aliphatic heterocycles. The van der Waals surface area contributed by atoms with Crippen molar-refractivity contribution in [2.75, 3.05) is 0 Å². The average Bonchev–Trinajstić information content (AvgIpc) is 2.33. The lowest BCUT2D eigenvalue weighted by molar-refractivity contribution is 0.0905. The highest BCUT2D eigenvalue weighted by Crippen LogP contribution is 2.11. The molecule has 0 spiro atoms. The van der Waals surface area contributed by atoms with Gasteiger partial charge in [0.15, 0.2) is 0 Å². The van der Waals surface area contributed by atoms with Crippen LogP contribution in [0, 0.1) is 0 Å². The number of rotatable bonds is 0. The average molecular weight is 122 g/mol. The van der Waals surface area contributed by atoms with E-state index in [4.69, 9.17) is 0 Å². The summed E-state index contributed by atoms with van der Waals surface area (Å²) in [6.45, 7) is 0. The Bertz CT molecular complexity index is 215. The van der Waals surface area contributed by atoms with Crippen molar-refractivity contribution in [2.24, 2.45) is 5.16 Å². The van der Waals surface area contributed by atoms with Crippen LogP contribution in [0.15, 0.2) is 29.1 Å². The van der Waals surface area contributed by atoms with E-state index < -0.39 is 0 Å². The third-order valence-electron chi connectivity index (χ3n) is 1.33. The maximum absolute atomic E-state index is 4.62. The summed E-state index contributed by atoms with van der Waals surface area (Å²) in [7, 11) is 0. The Morgan fingerprint density at radius 2 is 2.67 bits per heavy atom. The van der Waals surface area contributed by atoms with Crippen molar-refractivity contribution in [2.45, 2.75) is 6.42 Å². The highest BCUT2D eigenvalue weighted by Gasteiger charge is 2.14. The Kier molecular flexibility index (Phi) is 0.828. The number of nitrogens with zero attached hydrogens (tertiary/aromatic N) is 1. The van der Waals surface area contributed by atoms with Crippen molar-refractivity contribution >= 4 is 5.71 Å². The normalized spacial score (nSPS) is 21.3. The molecular formula is C6H6N2O. The summed E-state index contributed by atoms with van der Waals surface area (Å²) in [5, 5.41) is 3.74. The Morgan fingerprint density at radius 1 is 1.67 bits per heavy atom. The Labute approximate surface area is 52.6 Å². The third-order valence-corrected chi connectivity index (χ3v) is 1.33. The van der Waals surface area contributed by atoms with Crippen LogP contribution in [-0.2, 0) is 4.94 Å². The Balaban J connectivity index is 2.37. The summed E-state index contributed by atoms with van der Waals surface area (Å²) in [5.41, 5.74) is 4.63. The number of nitrogens with one attached hydrogen (secondary N) is 1. The van der Waals surface area contributed by atoms with E-state index in [-0.39, 0.29) is 0 Å². The molecule has 0 amide bonds. The molecular weight excluding hydrogens is 116 g/mol. The summed E-state index contributed by atoms with van der Waals surface area (Å²) in [6, 6.07) is 0. The van der Waals surface area contributed by atoms with Crippen molar-refractivity contribution in [1.29, 1.82) is 0 Å². The lowest BCUT2D eigenvalue weighted by Crippen LogP contribution is -2.10. The second-order valence-corrected chi connectivity index (χ2v) is 1.94. The summed E-state index contributed by atoms with van der Waals surface area (Å²) in [5.74, 6) is 0. The standard InChI is InChI=1S/C6H6N2O/c1-2-4-6-5(3-1)7-9-8-6/h1-3,7H,4H2. The van der Waals surface area contributed by atoms with E-state index in [9.17, 15) is 0 Å². The molecule has 0 fully saturated rings. The third kappa shape index (κ3) is 0.614. The Morgan fingerprint density at radius 3 is 3.56 bits per heavy atom. The lowest BCUT2D eigenvalue weighted by Gasteiger charge is -1.98. The van der Waals surface area contributed by atoms with Gasteiger partial charge in [-0.1, -0.05) is 17.3 Å². The van der Waals surface area contributed by atoms with E-state index in [0.29, 0.717) is 0 Å². The smallest absolute Gasteiger partial charge is 0.113 e. The summed E-state index contributed by atoms with van der Waals surface area (Å²) in [4.78, 5) is 4.62. The van der Waals surface area contributed by atoms with E-state index in [1.165, 1.54) is 0 Å². The van der Waals surface area contributed by atoms with Gasteiger partial charge >= 0.3 is 0 Å². The summed E-state index contributed by atoms with van der Waals surface area (Å²) in [6.07, 6.45) is 6.84. The molecule has 46 valence electrons. The van der Waals surface area contributed by atoms with Crippen molar-refractivity contribution in [3.05, 3.63) is 23.9 Å². The van der Waals surface area contributed by atoms with E-state index in [2.05, 4.69) is 15.6 Å². The van der Waals surface area contributed by atoms with Gasteiger partial charge in [0.2, 0.25) is 0 Å². The van der Waals surface area contributed by atoms with Crippen molar-refractivity contribution in [1.82, 2.24) is 5.48 Å². The van der Waals surface area contributed by atoms with Gasteiger partial charge in [-0.05, 0) is 6.08 Å². The van der Waals surface area contributed by atoms with Crippen molar-refractivity contribution in [3.63, 3.8) is 0 Å². The maximum Gasteiger partial charge on any atom is 0.113 e. The topological polar surface area (TPSA) is 33.6 Å². The minimum atomic E-state index is 0.874. The molecule has 2 rings (SSSR count). The van der Waals surface area contributed by atoms with Crippen LogP contribution in [-0.4, -0.2) is 5.71 Å². The molecule has 0 aromatic carbocycles. The maximum atomic E-state index is 4.62. The van der Waals surface area contributed by atoms with Gasteiger partial charge in [-0.2, -0.15) is 5.48 Å². The number of allylic oxidation sites excluding steroid dienone is 4. The van der Waals surface area contributed by atoms with Crippen LogP contribution in [0.25, 0.3) is 0 Å². The first-order valence-electron chi connectivity index (χ1n) is 2.83. The monoisotopic (exact) mass is 122 g/mol. The zero-order valence-corrected chi connectivity index (χ0v) is 4.79. The minimum absolute atomic E-state index is 0.874. The lowest BCUT2D eigenvalue weighted by atomic mass is 10.1. The van der Waals surface area contributed by atoms with Gasteiger partial charge in [0.05, 0.1) is 5.70 Å². The number of fused-ring (bicyclic) bond motifs is 1. The number of oxime groups is 1. The predicted octanol–water partition coefficient (Wildman–Crippen LogP) is 0.721. The molecule has 0 radical (unpaired) electrons. The largest absolute Gasteiger partial charge is 0.270 e. The first-order valence-corrected chi connectivity index (χ1v) is 2.83. The van der Waals surface area contributed by atoms with Crippen LogP contribution >= 0.6 is 0 Å². The van der Waals surface area contributed by atoms with E-state index in [1.54, 1.807) is 0 Å². The fraction of sp³-hybridized carbons (Fsp3) is 0.167. The van der Waals surface area contributed by atoms with E-state index in [0.717, 1.165) is 17.8 Å². The van der Waals surface area contributed by atoms with E-state index >= 15 is 0 Å². The molecule has 0 saturated heterocycles. The van der Waals surface area contributed by atoms with Gasteiger partial charge in [0, 0.05) is 6.42 Å². The molecule has 0 saturated carbocycles. The first-order chi connectivity index (χ1) is 4.47. The molecule has 3 nitrogen and oxygen atoms in total. The second kappa shape index (κ2) is 1.62. The molecule has 1 aliphatic carbocycles. The molecule has 1 N–H and O–H groups in total. The quantitative estimate of drug-likeness (QED) is 0.513. The van der Waals surface area contributed by atoms with Crippen LogP contribution in [0.4, 0.5) is 0 Å². The van der Waals surface area contributed by atoms with Crippen LogP contribution in [0.3, 0.4) is 0 Å². The predicted molar refractivity (Wildman–Crippen MR) is 33.5 cm³/mol. The highest BCUT2D eigenvalue weighted by atomic mass is 16.8. The molecule has 0 aromatic rings. The summed E-state index contributed by atoms with van der Waals surface area (Å²) < 4.78 is 0. The number of hydroxylamine groups is 1. The van der Waals surface area contributed by atoms with Gasteiger partial charge in [-0.15, -0.1) is 0 Å². The van der Waals surface area contributed by atoms with Crippen LogP contribution in [0.1, 0.15) is 6.42 Å². The molecule has 2 aliphatic rings. The zero-order chi connectivity index (χ0) is 6.10. The van der Waals surface area contributed by atoms with Crippen molar-refractivity contribution in [3.8, 4) is 0 Å². The molecule has 0 aromatic heterocycles. The summed E-state index contributed by atoms with van der Waals surface area (Å²) >= 11 is 0. The van der Waals surface area contributed by atoms with Gasteiger partial charge in [0.1, 0.15) is 5.71 Å². The highest BCUT2D eigenvalue weighted by molar-refractivity contribution is 6.01. The van der Waals surface area contributed by atoms with Gasteiger partial charge < -0.3 is 0 Å². The Hall–Kier alpha value is -1.25. The zero-order valence-electron chi connectivity index (χ0n) is 4.79. The van der Waals surface area contributed by atoms with Crippen LogP contribution in [0.5, 0.6) is 0 Å². The molecule has 0 atom stereocenters. The van der Waals surface area contributed by atoms with Crippen LogP contribution < -0.4 is 5.48 Å². The SMILES string of the molecule is C1=CCC2=NONC2=C1. The minimum Gasteiger partial charge on any atom is -0.270 e. The molecule has 0 bridgehead atoms. The number of hydrogen-bond acceptors (Lipinski definition) is 3. The van der Waals surface area contributed by atoms with Crippen LogP contribution in [0.2, 0.25) is 0 Å². The first kappa shape index (κ1) is 4.61. The molecule has 9 heavy (non-hydrogen) atoms. The van der Waals surface area contributed by atoms with Crippen molar-refractivity contribution < 1.29 is 4.94 Å². The van der Waals surface area contributed by atoms with Gasteiger partial charge in [-0.3, -0.25) is 4.94 Å². The second-order valence-electron chi connectivity index (χ2n) is 1.94. The van der Waals surface area contributed by atoms with E-state index in [1.807, 2.05) is 18.2 Å².